The Morgan fingerprint density at radius 3 is 2.16 bits per heavy atom. The van der Waals surface area contributed by atoms with Crippen molar-refractivity contribution < 1.29 is 19.1 Å². The zero-order valence-corrected chi connectivity index (χ0v) is 19.2. The second kappa shape index (κ2) is 9.29. The van der Waals surface area contributed by atoms with Crippen LogP contribution in [0.2, 0.25) is 0 Å². The number of primary amides is 1. The van der Waals surface area contributed by atoms with Gasteiger partial charge in [-0.25, -0.2) is 9.59 Å². The van der Waals surface area contributed by atoms with E-state index in [1.807, 2.05) is 39.0 Å². The highest BCUT2D eigenvalue weighted by Crippen LogP contribution is 2.31. The molecule has 0 saturated carbocycles. The predicted octanol–water partition coefficient (Wildman–Crippen LogP) is 5.16. The summed E-state index contributed by atoms with van der Waals surface area (Å²) in [6.45, 7) is 11.8. The van der Waals surface area contributed by atoms with Crippen molar-refractivity contribution in [2.75, 3.05) is 11.1 Å². The molecule has 0 spiro atoms. The van der Waals surface area contributed by atoms with E-state index in [2.05, 4.69) is 26.1 Å². The molecule has 0 bridgehead atoms. The van der Waals surface area contributed by atoms with Gasteiger partial charge in [-0.2, -0.15) is 0 Å². The van der Waals surface area contributed by atoms with Crippen molar-refractivity contribution in [2.24, 2.45) is 5.73 Å². The van der Waals surface area contributed by atoms with Gasteiger partial charge in [-0.1, -0.05) is 26.8 Å². The molecular weight excluding hydrogens is 394 g/mol. The summed E-state index contributed by atoms with van der Waals surface area (Å²) in [6.07, 6.45) is -0.117. The maximum absolute atomic E-state index is 12.2. The molecule has 0 heterocycles. The van der Waals surface area contributed by atoms with Crippen LogP contribution in [-0.4, -0.2) is 17.8 Å². The summed E-state index contributed by atoms with van der Waals surface area (Å²) in [5, 5.41) is 2.81. The molecule has 2 rings (SSSR count). The highest BCUT2D eigenvalue weighted by molar-refractivity contribution is 5.86. The summed E-state index contributed by atoms with van der Waals surface area (Å²) in [6, 6.07) is 10.9. The number of carbonyl (C=O) groups is 2. The fourth-order valence-corrected chi connectivity index (χ4v) is 3.31. The Balaban J connectivity index is 2.30. The smallest absolute Gasteiger partial charge is 0.412 e. The molecule has 0 saturated heterocycles. The Kier molecular flexibility index (Phi) is 7.21. The van der Waals surface area contributed by atoms with Crippen LogP contribution in [0.25, 0.3) is 0 Å². The van der Waals surface area contributed by atoms with Crippen LogP contribution < -0.4 is 21.5 Å². The first-order valence-corrected chi connectivity index (χ1v) is 10.2. The van der Waals surface area contributed by atoms with Crippen molar-refractivity contribution >= 4 is 23.6 Å². The van der Waals surface area contributed by atoms with Gasteiger partial charge in [0.25, 0.3) is 0 Å². The Bertz CT molecular complexity index is 956. The summed E-state index contributed by atoms with van der Waals surface area (Å²) in [7, 11) is 0. The SMILES string of the molecule is CC(C)(C)OC(=O)Nc1ccc(N)cc1CCc1cc(OC(N)=O)ccc1C(C)(C)C. The number of aryl methyl sites for hydroxylation is 2. The lowest BCUT2D eigenvalue weighted by atomic mass is 9.82. The molecule has 0 unspecified atom stereocenters. The van der Waals surface area contributed by atoms with E-state index in [1.54, 1.807) is 18.2 Å². The molecule has 0 atom stereocenters. The van der Waals surface area contributed by atoms with E-state index < -0.39 is 17.8 Å². The lowest BCUT2D eigenvalue weighted by molar-refractivity contribution is 0.0635. The van der Waals surface area contributed by atoms with Crippen molar-refractivity contribution in [3.63, 3.8) is 0 Å². The molecule has 0 aliphatic heterocycles. The number of nitrogens with two attached hydrogens (primary N) is 2. The van der Waals surface area contributed by atoms with Crippen molar-refractivity contribution in [1.29, 1.82) is 0 Å². The summed E-state index contributed by atoms with van der Waals surface area (Å²) in [4.78, 5) is 23.4. The zero-order valence-electron chi connectivity index (χ0n) is 19.2. The first-order chi connectivity index (χ1) is 14.2. The van der Waals surface area contributed by atoms with Crippen molar-refractivity contribution in [3.8, 4) is 5.75 Å². The van der Waals surface area contributed by atoms with Crippen LogP contribution in [0, 0.1) is 0 Å². The number of nitrogens with one attached hydrogen (secondary N) is 1. The van der Waals surface area contributed by atoms with E-state index >= 15 is 0 Å². The van der Waals surface area contributed by atoms with Gasteiger partial charge in [-0.05, 0) is 86.1 Å². The third-order valence-corrected chi connectivity index (χ3v) is 4.53. The number of nitrogen functional groups attached to an aromatic ring is 1. The van der Waals surface area contributed by atoms with E-state index in [-0.39, 0.29) is 5.41 Å². The van der Waals surface area contributed by atoms with E-state index in [1.165, 1.54) is 0 Å². The van der Waals surface area contributed by atoms with E-state index in [9.17, 15) is 9.59 Å². The third kappa shape index (κ3) is 7.51. The first kappa shape index (κ1) is 24.1. The molecule has 0 aromatic heterocycles. The molecule has 2 aromatic rings. The normalized spacial score (nSPS) is 11.7. The number of carbonyl (C=O) groups excluding carboxylic acids is 2. The lowest BCUT2D eigenvalue weighted by Crippen LogP contribution is -2.27. The minimum atomic E-state index is -0.853. The van der Waals surface area contributed by atoms with Gasteiger partial charge in [0, 0.05) is 11.4 Å². The molecule has 0 aliphatic rings. The molecule has 7 nitrogen and oxygen atoms in total. The quantitative estimate of drug-likeness (QED) is 0.570. The number of ether oxygens (including phenoxy) is 2. The van der Waals surface area contributed by atoms with Gasteiger partial charge in [0.05, 0.1) is 0 Å². The fourth-order valence-electron chi connectivity index (χ4n) is 3.31. The summed E-state index contributed by atoms with van der Waals surface area (Å²) in [5.74, 6) is 0.398. The molecule has 0 aliphatic carbocycles. The van der Waals surface area contributed by atoms with Crippen LogP contribution in [0.1, 0.15) is 58.2 Å². The van der Waals surface area contributed by atoms with Crippen LogP contribution in [0.15, 0.2) is 36.4 Å². The number of amides is 2. The second-order valence-corrected chi connectivity index (χ2v) is 9.53. The minimum absolute atomic E-state index is 0.103. The van der Waals surface area contributed by atoms with Gasteiger partial charge in [-0.3, -0.25) is 5.32 Å². The standard InChI is InChI=1S/C24H33N3O4/c1-23(2,3)19-11-10-18(30-21(26)28)14-15(19)7-8-16-13-17(25)9-12-20(16)27-22(29)31-24(4,5)6/h9-14H,7-8,25H2,1-6H3,(H2,26,28)(H,27,29). The molecule has 7 heteroatoms. The average Bonchev–Trinajstić information content (AvgIpc) is 2.59. The van der Waals surface area contributed by atoms with Crippen molar-refractivity contribution in [2.45, 2.75) is 65.4 Å². The van der Waals surface area contributed by atoms with Crippen LogP contribution in [-0.2, 0) is 23.0 Å². The molecule has 168 valence electrons. The molecule has 5 N–H and O–H groups in total. The van der Waals surface area contributed by atoms with Crippen LogP contribution >= 0.6 is 0 Å². The molecule has 0 radical (unpaired) electrons. The molecular formula is C24H33N3O4. The van der Waals surface area contributed by atoms with Crippen molar-refractivity contribution in [3.05, 3.63) is 53.1 Å². The topological polar surface area (TPSA) is 117 Å². The van der Waals surface area contributed by atoms with E-state index in [0.717, 1.165) is 16.7 Å². The maximum atomic E-state index is 12.2. The van der Waals surface area contributed by atoms with Crippen LogP contribution in [0.3, 0.4) is 0 Å². The van der Waals surface area contributed by atoms with Gasteiger partial charge in [0.15, 0.2) is 0 Å². The summed E-state index contributed by atoms with van der Waals surface area (Å²) < 4.78 is 10.4. The van der Waals surface area contributed by atoms with Crippen LogP contribution in [0.5, 0.6) is 5.75 Å². The molecule has 2 amide bonds. The Hall–Kier alpha value is -3.22. The van der Waals surface area contributed by atoms with Crippen LogP contribution in [0.4, 0.5) is 21.0 Å². The average molecular weight is 428 g/mol. The van der Waals surface area contributed by atoms with Gasteiger partial charge in [0.1, 0.15) is 11.4 Å². The zero-order chi connectivity index (χ0) is 23.4. The summed E-state index contributed by atoms with van der Waals surface area (Å²) >= 11 is 0. The van der Waals surface area contributed by atoms with E-state index in [0.29, 0.717) is 30.0 Å². The number of benzene rings is 2. The van der Waals surface area contributed by atoms with Crippen molar-refractivity contribution in [1.82, 2.24) is 0 Å². The minimum Gasteiger partial charge on any atom is -0.444 e. The maximum Gasteiger partial charge on any atom is 0.412 e. The number of anilines is 2. The number of hydrogen-bond donors (Lipinski definition) is 3. The second-order valence-electron chi connectivity index (χ2n) is 9.53. The monoisotopic (exact) mass is 427 g/mol. The van der Waals surface area contributed by atoms with Gasteiger partial charge in [-0.15, -0.1) is 0 Å². The summed E-state index contributed by atoms with van der Waals surface area (Å²) in [5.41, 5.74) is 14.7. The number of hydrogen-bond acceptors (Lipinski definition) is 5. The highest BCUT2D eigenvalue weighted by Gasteiger charge is 2.20. The van der Waals surface area contributed by atoms with Gasteiger partial charge >= 0.3 is 12.2 Å². The highest BCUT2D eigenvalue weighted by atomic mass is 16.6. The van der Waals surface area contributed by atoms with E-state index in [4.69, 9.17) is 20.9 Å². The lowest BCUT2D eigenvalue weighted by Gasteiger charge is -2.24. The third-order valence-electron chi connectivity index (χ3n) is 4.53. The molecule has 0 fully saturated rings. The largest absolute Gasteiger partial charge is 0.444 e. The Morgan fingerprint density at radius 1 is 0.935 bits per heavy atom. The molecule has 31 heavy (non-hydrogen) atoms. The fraction of sp³-hybridized carbons (Fsp3) is 0.417. The van der Waals surface area contributed by atoms with Gasteiger partial charge < -0.3 is 20.9 Å². The number of rotatable bonds is 5. The first-order valence-electron chi connectivity index (χ1n) is 10.2. The Morgan fingerprint density at radius 2 is 1.58 bits per heavy atom. The molecule has 2 aromatic carbocycles. The predicted molar refractivity (Wildman–Crippen MR) is 123 cm³/mol. The van der Waals surface area contributed by atoms with Gasteiger partial charge in [0.2, 0.25) is 0 Å². The Labute approximate surface area is 184 Å².